The maximum atomic E-state index is 11.7. The molecule has 3 nitrogen and oxygen atoms in total. The molecule has 1 amide bonds. The van der Waals surface area contributed by atoms with E-state index in [4.69, 9.17) is 4.74 Å². The Morgan fingerprint density at radius 2 is 2.11 bits per heavy atom. The van der Waals surface area contributed by atoms with Crippen molar-refractivity contribution in [2.75, 3.05) is 13.2 Å². The van der Waals surface area contributed by atoms with E-state index in [0.717, 1.165) is 8.63 Å². The molecule has 0 aliphatic rings. The predicted octanol–water partition coefficient (Wildman–Crippen LogP) is 3.16. The standard InChI is InChI=1S/C13H12INO2S/c14-12-8-10(9-18-12)13(16)15-6-7-17-11-4-2-1-3-5-11/h1-5,8-9H,6-7H2,(H,15,16). The number of nitrogens with one attached hydrogen (secondary N) is 1. The van der Waals surface area contributed by atoms with Gasteiger partial charge in [0.2, 0.25) is 0 Å². The van der Waals surface area contributed by atoms with Crippen LogP contribution in [0.2, 0.25) is 0 Å². The smallest absolute Gasteiger partial charge is 0.252 e. The Kier molecular flexibility index (Phi) is 5.00. The quantitative estimate of drug-likeness (QED) is 0.646. The molecule has 0 saturated heterocycles. The summed E-state index contributed by atoms with van der Waals surface area (Å²) in [5, 5.41) is 4.68. The number of para-hydroxylation sites is 1. The molecule has 5 heteroatoms. The van der Waals surface area contributed by atoms with Crippen molar-refractivity contribution in [2.45, 2.75) is 0 Å². The zero-order chi connectivity index (χ0) is 12.8. The fourth-order valence-corrected chi connectivity index (χ4v) is 2.71. The van der Waals surface area contributed by atoms with Crippen molar-refractivity contribution in [3.63, 3.8) is 0 Å². The summed E-state index contributed by atoms with van der Waals surface area (Å²) in [5.74, 6) is 0.766. The van der Waals surface area contributed by atoms with Gasteiger partial charge in [-0.3, -0.25) is 4.79 Å². The van der Waals surface area contributed by atoms with Crippen molar-refractivity contribution in [2.24, 2.45) is 0 Å². The summed E-state index contributed by atoms with van der Waals surface area (Å²) in [5.41, 5.74) is 0.712. The molecular weight excluding hydrogens is 361 g/mol. The van der Waals surface area contributed by atoms with Crippen LogP contribution in [0.1, 0.15) is 10.4 Å². The van der Waals surface area contributed by atoms with Crippen LogP contribution in [0.3, 0.4) is 0 Å². The van der Waals surface area contributed by atoms with Crippen molar-refractivity contribution in [3.8, 4) is 5.75 Å². The topological polar surface area (TPSA) is 38.3 Å². The lowest BCUT2D eigenvalue weighted by Crippen LogP contribution is -2.27. The lowest BCUT2D eigenvalue weighted by atomic mass is 10.3. The first-order chi connectivity index (χ1) is 8.75. The van der Waals surface area contributed by atoms with Crippen LogP contribution >= 0.6 is 33.9 Å². The second-order valence-electron chi connectivity index (χ2n) is 3.56. The van der Waals surface area contributed by atoms with Crippen molar-refractivity contribution in [3.05, 3.63) is 50.2 Å². The summed E-state index contributed by atoms with van der Waals surface area (Å²) in [4.78, 5) is 11.7. The summed E-state index contributed by atoms with van der Waals surface area (Å²) < 4.78 is 6.59. The molecule has 1 N–H and O–H groups in total. The fraction of sp³-hybridized carbons (Fsp3) is 0.154. The fourth-order valence-electron chi connectivity index (χ4n) is 1.38. The van der Waals surface area contributed by atoms with Crippen molar-refractivity contribution < 1.29 is 9.53 Å². The summed E-state index contributed by atoms with van der Waals surface area (Å²) in [6, 6.07) is 11.4. The lowest BCUT2D eigenvalue weighted by Gasteiger charge is -2.06. The molecular formula is C13H12INO2S. The predicted molar refractivity (Wildman–Crippen MR) is 81.3 cm³/mol. The van der Waals surface area contributed by atoms with Crippen LogP contribution in [0.5, 0.6) is 5.75 Å². The van der Waals surface area contributed by atoms with Crippen molar-refractivity contribution >= 4 is 39.8 Å². The highest BCUT2D eigenvalue weighted by Gasteiger charge is 2.06. The number of carbonyl (C=O) groups excluding carboxylic acids is 1. The van der Waals surface area contributed by atoms with Gasteiger partial charge in [-0.2, -0.15) is 0 Å². The maximum absolute atomic E-state index is 11.7. The molecule has 0 bridgehead atoms. The number of benzene rings is 1. The number of rotatable bonds is 5. The van der Waals surface area contributed by atoms with Gasteiger partial charge < -0.3 is 10.1 Å². The van der Waals surface area contributed by atoms with E-state index in [9.17, 15) is 4.79 Å². The van der Waals surface area contributed by atoms with Gasteiger partial charge in [-0.1, -0.05) is 18.2 Å². The van der Waals surface area contributed by atoms with Gasteiger partial charge in [0.1, 0.15) is 12.4 Å². The van der Waals surface area contributed by atoms with E-state index in [1.165, 1.54) is 0 Å². The van der Waals surface area contributed by atoms with Crippen molar-refractivity contribution in [1.82, 2.24) is 5.32 Å². The van der Waals surface area contributed by atoms with Crippen LogP contribution in [0, 0.1) is 2.88 Å². The van der Waals surface area contributed by atoms with E-state index in [1.807, 2.05) is 41.8 Å². The van der Waals surface area contributed by atoms with Crippen LogP contribution in [0.15, 0.2) is 41.8 Å². The molecule has 0 unspecified atom stereocenters. The summed E-state index contributed by atoms with van der Waals surface area (Å²) in [7, 11) is 0. The summed E-state index contributed by atoms with van der Waals surface area (Å²) >= 11 is 3.76. The highest BCUT2D eigenvalue weighted by molar-refractivity contribution is 14.1. The van der Waals surface area contributed by atoms with Gasteiger partial charge in [0.05, 0.1) is 15.0 Å². The Morgan fingerprint density at radius 1 is 1.33 bits per heavy atom. The molecule has 94 valence electrons. The number of amides is 1. The Labute approximate surface area is 123 Å². The molecule has 0 atom stereocenters. The first kappa shape index (κ1) is 13.4. The molecule has 2 rings (SSSR count). The van der Waals surface area contributed by atoms with E-state index < -0.39 is 0 Å². The lowest BCUT2D eigenvalue weighted by molar-refractivity contribution is 0.0947. The van der Waals surface area contributed by atoms with Gasteiger partial charge in [0.25, 0.3) is 5.91 Å². The first-order valence-corrected chi connectivity index (χ1v) is 7.41. The third-order valence-electron chi connectivity index (χ3n) is 2.23. The van der Waals surface area contributed by atoms with E-state index in [1.54, 1.807) is 11.3 Å². The average Bonchev–Trinajstić information content (AvgIpc) is 2.82. The zero-order valence-electron chi connectivity index (χ0n) is 9.56. The van der Waals surface area contributed by atoms with Gasteiger partial charge in [-0.15, -0.1) is 11.3 Å². The largest absolute Gasteiger partial charge is 0.492 e. The van der Waals surface area contributed by atoms with Crippen LogP contribution in [0.25, 0.3) is 0 Å². The van der Waals surface area contributed by atoms with Crippen LogP contribution < -0.4 is 10.1 Å². The van der Waals surface area contributed by atoms with Gasteiger partial charge in [-0.05, 0) is 40.8 Å². The summed E-state index contributed by atoms with van der Waals surface area (Å²) in [6.07, 6.45) is 0. The monoisotopic (exact) mass is 373 g/mol. The molecule has 0 radical (unpaired) electrons. The molecule has 2 aromatic rings. The van der Waals surface area contributed by atoms with Gasteiger partial charge in [0, 0.05) is 5.38 Å². The van der Waals surface area contributed by atoms with Crippen LogP contribution in [-0.4, -0.2) is 19.1 Å². The molecule has 1 aromatic carbocycles. The van der Waals surface area contributed by atoms with E-state index in [0.29, 0.717) is 18.7 Å². The third-order valence-corrected chi connectivity index (χ3v) is 4.02. The zero-order valence-corrected chi connectivity index (χ0v) is 12.5. The highest BCUT2D eigenvalue weighted by atomic mass is 127. The van der Waals surface area contributed by atoms with E-state index in [2.05, 4.69) is 27.9 Å². The SMILES string of the molecule is O=C(NCCOc1ccccc1)c1csc(I)c1. The normalized spacial score (nSPS) is 10.1. The van der Waals surface area contributed by atoms with Gasteiger partial charge >= 0.3 is 0 Å². The molecule has 1 heterocycles. The minimum absolute atomic E-state index is 0.0502. The highest BCUT2D eigenvalue weighted by Crippen LogP contribution is 2.16. The van der Waals surface area contributed by atoms with E-state index in [-0.39, 0.29) is 5.91 Å². The number of carbonyl (C=O) groups is 1. The molecule has 1 aromatic heterocycles. The minimum Gasteiger partial charge on any atom is -0.492 e. The average molecular weight is 373 g/mol. The second-order valence-corrected chi connectivity index (χ2v) is 6.36. The Balaban J connectivity index is 1.71. The Morgan fingerprint density at radius 3 is 2.78 bits per heavy atom. The Hall–Kier alpha value is -1.08. The number of halogens is 1. The Bertz CT molecular complexity index is 513. The number of ether oxygens (including phenoxy) is 1. The molecule has 18 heavy (non-hydrogen) atoms. The summed E-state index contributed by atoms with van der Waals surface area (Å²) in [6.45, 7) is 0.969. The van der Waals surface area contributed by atoms with Crippen LogP contribution in [0.4, 0.5) is 0 Å². The van der Waals surface area contributed by atoms with Gasteiger partial charge in [-0.25, -0.2) is 0 Å². The number of hydrogen-bond donors (Lipinski definition) is 1. The van der Waals surface area contributed by atoms with E-state index >= 15 is 0 Å². The molecule has 0 saturated carbocycles. The third kappa shape index (κ3) is 3.99. The van der Waals surface area contributed by atoms with Crippen molar-refractivity contribution in [1.29, 1.82) is 0 Å². The molecule has 0 spiro atoms. The molecule has 0 aliphatic carbocycles. The number of hydrogen-bond acceptors (Lipinski definition) is 3. The molecule has 0 fully saturated rings. The second kappa shape index (κ2) is 6.75. The van der Waals surface area contributed by atoms with Gasteiger partial charge in [0.15, 0.2) is 0 Å². The first-order valence-electron chi connectivity index (χ1n) is 5.46. The minimum atomic E-state index is -0.0502. The maximum Gasteiger partial charge on any atom is 0.252 e. The number of thiophene rings is 1. The molecule has 0 aliphatic heterocycles. The van der Waals surface area contributed by atoms with Crippen LogP contribution in [-0.2, 0) is 0 Å².